The standard InChI is InChI=1S/C23H24N2O3/c1-15-14-19-18-4-2-3-5-20(18)24-22(19)23(25(15)12-13-26)17-9-6-16(7-10-17)8-11-21(27)28/h2-11,15,23-24,26H,12-14H2,1H3,(H,27,28)/b11-8+/t15-,23-/m1/s1. The lowest BCUT2D eigenvalue weighted by atomic mass is 9.88. The highest BCUT2D eigenvalue weighted by atomic mass is 16.4. The first-order valence-corrected chi connectivity index (χ1v) is 9.55. The number of hydrogen-bond donors (Lipinski definition) is 3. The second-order valence-electron chi connectivity index (χ2n) is 7.32. The number of carbonyl (C=O) groups is 1. The highest BCUT2D eigenvalue weighted by molar-refractivity contribution is 5.86. The summed E-state index contributed by atoms with van der Waals surface area (Å²) in [7, 11) is 0. The molecule has 3 N–H and O–H groups in total. The summed E-state index contributed by atoms with van der Waals surface area (Å²) in [5.41, 5.74) is 5.64. The van der Waals surface area contributed by atoms with E-state index in [4.69, 9.17) is 5.11 Å². The molecule has 5 heteroatoms. The fourth-order valence-electron chi connectivity index (χ4n) is 4.29. The molecule has 0 spiro atoms. The summed E-state index contributed by atoms with van der Waals surface area (Å²) in [6.07, 6.45) is 3.68. The van der Waals surface area contributed by atoms with Gasteiger partial charge in [-0.15, -0.1) is 0 Å². The smallest absolute Gasteiger partial charge is 0.328 e. The molecule has 4 rings (SSSR count). The first-order chi connectivity index (χ1) is 13.6. The highest BCUT2D eigenvalue weighted by Gasteiger charge is 2.35. The molecule has 0 saturated carbocycles. The van der Waals surface area contributed by atoms with E-state index in [9.17, 15) is 9.90 Å². The van der Waals surface area contributed by atoms with Gasteiger partial charge in [0, 0.05) is 35.3 Å². The predicted octanol–water partition coefficient (Wildman–Crippen LogP) is 3.59. The van der Waals surface area contributed by atoms with Crippen molar-refractivity contribution in [2.24, 2.45) is 0 Å². The van der Waals surface area contributed by atoms with Gasteiger partial charge in [-0.1, -0.05) is 42.5 Å². The molecular formula is C23H24N2O3. The van der Waals surface area contributed by atoms with E-state index in [1.807, 2.05) is 30.3 Å². The first kappa shape index (κ1) is 18.5. The summed E-state index contributed by atoms with van der Waals surface area (Å²) in [6, 6.07) is 16.7. The zero-order chi connectivity index (χ0) is 19.7. The number of hydrogen-bond acceptors (Lipinski definition) is 3. The van der Waals surface area contributed by atoms with Crippen LogP contribution in [-0.4, -0.2) is 45.3 Å². The molecule has 2 atom stereocenters. The lowest BCUT2D eigenvalue weighted by Gasteiger charge is -2.40. The van der Waals surface area contributed by atoms with E-state index in [1.54, 1.807) is 6.08 Å². The van der Waals surface area contributed by atoms with E-state index < -0.39 is 5.97 Å². The monoisotopic (exact) mass is 376 g/mol. The summed E-state index contributed by atoms with van der Waals surface area (Å²) in [6.45, 7) is 2.91. The zero-order valence-corrected chi connectivity index (χ0v) is 15.8. The summed E-state index contributed by atoms with van der Waals surface area (Å²) in [4.78, 5) is 16.7. The maximum Gasteiger partial charge on any atom is 0.328 e. The van der Waals surface area contributed by atoms with Crippen molar-refractivity contribution in [1.29, 1.82) is 0 Å². The SMILES string of the molecule is C[C@@H]1Cc2c([nH]c3ccccc23)[C@@H](c2ccc(/C=C/C(=O)O)cc2)N1CCO. The summed E-state index contributed by atoms with van der Waals surface area (Å²) in [5.74, 6) is -0.956. The van der Waals surface area contributed by atoms with Crippen LogP contribution < -0.4 is 0 Å². The van der Waals surface area contributed by atoms with Gasteiger partial charge in [-0.3, -0.25) is 4.90 Å². The topological polar surface area (TPSA) is 76.6 Å². The Kier molecular flexibility index (Phi) is 5.03. The molecule has 144 valence electrons. The molecule has 1 aromatic heterocycles. The van der Waals surface area contributed by atoms with E-state index >= 15 is 0 Å². The van der Waals surface area contributed by atoms with Gasteiger partial charge in [0.25, 0.3) is 0 Å². The average Bonchev–Trinajstić information content (AvgIpc) is 3.05. The predicted molar refractivity (Wildman–Crippen MR) is 110 cm³/mol. The molecule has 0 aliphatic carbocycles. The quantitative estimate of drug-likeness (QED) is 0.595. The second-order valence-corrected chi connectivity index (χ2v) is 7.32. The first-order valence-electron chi connectivity index (χ1n) is 9.55. The van der Waals surface area contributed by atoms with Gasteiger partial charge in [-0.25, -0.2) is 4.79 Å². The van der Waals surface area contributed by atoms with Crippen LogP contribution in [0.15, 0.2) is 54.6 Å². The third-order valence-electron chi connectivity index (χ3n) is 5.55. The molecule has 0 saturated heterocycles. The number of aliphatic hydroxyl groups excluding tert-OH is 1. The molecule has 5 nitrogen and oxygen atoms in total. The normalized spacial score (nSPS) is 19.9. The summed E-state index contributed by atoms with van der Waals surface area (Å²) >= 11 is 0. The summed E-state index contributed by atoms with van der Waals surface area (Å²) < 4.78 is 0. The van der Waals surface area contributed by atoms with Crippen molar-refractivity contribution >= 4 is 22.9 Å². The Morgan fingerprint density at radius 3 is 2.68 bits per heavy atom. The third kappa shape index (κ3) is 3.35. The largest absolute Gasteiger partial charge is 0.478 e. The van der Waals surface area contributed by atoms with Crippen molar-refractivity contribution in [3.63, 3.8) is 0 Å². The number of aliphatic carboxylic acids is 1. The van der Waals surface area contributed by atoms with Crippen LogP contribution in [-0.2, 0) is 11.2 Å². The van der Waals surface area contributed by atoms with E-state index in [1.165, 1.54) is 16.6 Å². The number of fused-ring (bicyclic) bond motifs is 3. The Balaban J connectivity index is 1.79. The average molecular weight is 376 g/mol. The van der Waals surface area contributed by atoms with Crippen molar-refractivity contribution < 1.29 is 15.0 Å². The number of nitrogens with zero attached hydrogens (tertiary/aromatic N) is 1. The molecule has 3 aromatic rings. The van der Waals surface area contributed by atoms with Crippen LogP contribution in [0.4, 0.5) is 0 Å². The van der Waals surface area contributed by atoms with Crippen molar-refractivity contribution in [2.45, 2.75) is 25.4 Å². The van der Waals surface area contributed by atoms with Gasteiger partial charge in [-0.05, 0) is 42.2 Å². The van der Waals surface area contributed by atoms with Crippen LogP contribution in [0.5, 0.6) is 0 Å². The van der Waals surface area contributed by atoms with E-state index in [-0.39, 0.29) is 12.6 Å². The van der Waals surface area contributed by atoms with Crippen molar-refractivity contribution in [1.82, 2.24) is 9.88 Å². The Morgan fingerprint density at radius 2 is 1.96 bits per heavy atom. The molecule has 2 heterocycles. The van der Waals surface area contributed by atoms with Gasteiger partial charge in [0.1, 0.15) is 0 Å². The number of para-hydroxylation sites is 1. The Labute approximate surface area is 163 Å². The number of β-amino-alcohol motifs (C(OH)–C–C–N with tert-alkyl or cyclic N) is 1. The van der Waals surface area contributed by atoms with Gasteiger partial charge in [-0.2, -0.15) is 0 Å². The molecule has 0 fully saturated rings. The number of aromatic nitrogens is 1. The fraction of sp³-hybridized carbons (Fsp3) is 0.261. The maximum absolute atomic E-state index is 10.7. The fourth-order valence-corrected chi connectivity index (χ4v) is 4.29. The molecule has 1 aliphatic rings. The molecule has 0 amide bonds. The Bertz CT molecular complexity index is 1020. The van der Waals surface area contributed by atoms with Crippen molar-refractivity contribution in [2.75, 3.05) is 13.2 Å². The van der Waals surface area contributed by atoms with E-state index in [2.05, 4.69) is 35.0 Å². The zero-order valence-electron chi connectivity index (χ0n) is 15.8. The molecule has 0 radical (unpaired) electrons. The van der Waals surface area contributed by atoms with Crippen molar-refractivity contribution in [3.05, 3.63) is 77.0 Å². The van der Waals surface area contributed by atoms with Crippen LogP contribution in [0.3, 0.4) is 0 Å². The lowest BCUT2D eigenvalue weighted by Crippen LogP contribution is -2.44. The third-order valence-corrected chi connectivity index (χ3v) is 5.55. The molecule has 28 heavy (non-hydrogen) atoms. The summed E-state index contributed by atoms with van der Waals surface area (Å²) in [5, 5.41) is 19.7. The minimum absolute atomic E-state index is 0.0239. The molecule has 2 aromatic carbocycles. The van der Waals surface area contributed by atoms with Crippen LogP contribution in [0, 0.1) is 0 Å². The second kappa shape index (κ2) is 7.62. The number of carboxylic acids is 1. The molecular weight excluding hydrogens is 352 g/mol. The van der Waals surface area contributed by atoms with Crippen LogP contribution >= 0.6 is 0 Å². The highest BCUT2D eigenvalue weighted by Crippen LogP contribution is 2.40. The minimum atomic E-state index is -0.956. The lowest BCUT2D eigenvalue weighted by molar-refractivity contribution is -0.131. The van der Waals surface area contributed by atoms with E-state index in [0.29, 0.717) is 12.6 Å². The number of benzene rings is 2. The van der Waals surface area contributed by atoms with Crippen molar-refractivity contribution in [3.8, 4) is 0 Å². The molecule has 0 unspecified atom stereocenters. The van der Waals surface area contributed by atoms with Gasteiger partial charge in [0.2, 0.25) is 0 Å². The van der Waals surface area contributed by atoms with Gasteiger partial charge < -0.3 is 15.2 Å². The van der Waals surface area contributed by atoms with E-state index in [0.717, 1.165) is 29.1 Å². The van der Waals surface area contributed by atoms with Crippen LogP contribution in [0.2, 0.25) is 0 Å². The number of aromatic amines is 1. The number of aliphatic hydroxyl groups is 1. The minimum Gasteiger partial charge on any atom is -0.478 e. The number of carboxylic acid groups (broad SMARTS) is 1. The van der Waals surface area contributed by atoms with Gasteiger partial charge in [0.05, 0.1) is 12.6 Å². The Morgan fingerprint density at radius 1 is 1.21 bits per heavy atom. The van der Waals surface area contributed by atoms with Gasteiger partial charge >= 0.3 is 5.97 Å². The molecule has 0 bridgehead atoms. The van der Waals surface area contributed by atoms with Gasteiger partial charge in [0.15, 0.2) is 0 Å². The maximum atomic E-state index is 10.7. The number of rotatable bonds is 5. The Hall–Kier alpha value is -2.89. The van der Waals surface area contributed by atoms with Crippen LogP contribution in [0.25, 0.3) is 17.0 Å². The number of H-pyrrole nitrogens is 1. The molecule has 1 aliphatic heterocycles. The number of nitrogens with one attached hydrogen (secondary N) is 1. The van der Waals surface area contributed by atoms with Crippen LogP contribution in [0.1, 0.15) is 35.3 Å².